The molecule has 0 atom stereocenters. The fourth-order valence-electron chi connectivity index (χ4n) is 0.709. The van der Waals surface area contributed by atoms with E-state index >= 15 is 0 Å². The quantitative estimate of drug-likeness (QED) is 0.578. The van der Waals surface area contributed by atoms with Crippen LogP contribution in [0, 0.1) is 24.4 Å². The first-order valence-electron chi connectivity index (χ1n) is 2.93. The van der Waals surface area contributed by atoms with Gasteiger partial charge in [0, 0.05) is 11.6 Å². The van der Waals surface area contributed by atoms with Crippen molar-refractivity contribution in [3.8, 4) is 0 Å². The number of hydrogen-bond donors (Lipinski definition) is 1. The van der Waals surface area contributed by atoms with E-state index in [9.17, 15) is 13.2 Å². The molecule has 0 fully saturated rings. The number of nitrogens with two attached hydrogens (primary N) is 1. The first kappa shape index (κ1) is 7.91. The minimum Gasteiger partial charge on any atom is -0.394 e. The molecule has 1 nitrogen and oxygen atoms in total. The number of benzene rings is 1. The Hall–Kier alpha value is -1.19. The molecule has 0 aliphatic rings. The van der Waals surface area contributed by atoms with Crippen molar-refractivity contribution in [2.75, 3.05) is 5.73 Å². The van der Waals surface area contributed by atoms with Crippen LogP contribution in [-0.4, -0.2) is 0 Å². The maximum absolute atomic E-state index is 12.6. The summed E-state index contributed by atoms with van der Waals surface area (Å²) in [6.45, 7) is 1.19. The van der Waals surface area contributed by atoms with Gasteiger partial charge in [-0.05, 0) is 6.92 Å². The first-order chi connectivity index (χ1) is 5.04. The molecule has 0 aliphatic carbocycles. The third-order valence-corrected chi connectivity index (χ3v) is 1.43. The van der Waals surface area contributed by atoms with Crippen molar-refractivity contribution < 1.29 is 13.2 Å². The summed E-state index contributed by atoms with van der Waals surface area (Å²) in [6, 6.07) is 0.563. The van der Waals surface area contributed by atoms with E-state index in [4.69, 9.17) is 5.73 Å². The van der Waals surface area contributed by atoms with Crippen molar-refractivity contribution in [3.63, 3.8) is 0 Å². The predicted octanol–water partition coefficient (Wildman–Crippen LogP) is 1.99. The molecule has 0 radical (unpaired) electrons. The molecule has 0 bridgehead atoms. The van der Waals surface area contributed by atoms with Gasteiger partial charge in [0.1, 0.15) is 11.5 Å². The highest BCUT2D eigenvalue weighted by molar-refractivity contribution is 5.44. The minimum atomic E-state index is -1.06. The van der Waals surface area contributed by atoms with Crippen LogP contribution in [0.3, 0.4) is 0 Å². The molecule has 0 saturated carbocycles. The molecule has 4 heteroatoms. The first-order valence-corrected chi connectivity index (χ1v) is 2.93. The maximum atomic E-state index is 12.6. The van der Waals surface area contributed by atoms with Crippen molar-refractivity contribution in [2.45, 2.75) is 6.92 Å². The summed E-state index contributed by atoms with van der Waals surface area (Å²) >= 11 is 0. The van der Waals surface area contributed by atoms with Gasteiger partial charge in [-0.25, -0.2) is 13.2 Å². The SMILES string of the molecule is Cc1c(F)cc(F)c(N)c1F. The van der Waals surface area contributed by atoms with Crippen LogP contribution in [-0.2, 0) is 0 Å². The van der Waals surface area contributed by atoms with E-state index in [2.05, 4.69) is 0 Å². The highest BCUT2D eigenvalue weighted by Crippen LogP contribution is 2.20. The molecule has 0 aromatic heterocycles. The standard InChI is InChI=1S/C7H6F3N/c1-3-4(8)2-5(9)7(11)6(3)10/h2H,11H2,1H3. The second-order valence-corrected chi connectivity index (χ2v) is 2.19. The van der Waals surface area contributed by atoms with Crippen molar-refractivity contribution in [1.29, 1.82) is 0 Å². The molecule has 2 N–H and O–H groups in total. The molecular weight excluding hydrogens is 155 g/mol. The zero-order valence-corrected chi connectivity index (χ0v) is 5.79. The van der Waals surface area contributed by atoms with Crippen molar-refractivity contribution in [3.05, 3.63) is 29.1 Å². The third-order valence-electron chi connectivity index (χ3n) is 1.43. The molecule has 1 aromatic rings. The normalized spacial score (nSPS) is 10.2. The molecule has 1 rings (SSSR count). The average molecular weight is 161 g/mol. The van der Waals surface area contributed by atoms with E-state index < -0.39 is 23.1 Å². The molecule has 60 valence electrons. The van der Waals surface area contributed by atoms with Crippen LogP contribution in [0.1, 0.15) is 5.56 Å². The van der Waals surface area contributed by atoms with Crippen LogP contribution in [0.25, 0.3) is 0 Å². The zero-order chi connectivity index (χ0) is 8.59. The summed E-state index contributed by atoms with van der Waals surface area (Å²) in [6.07, 6.45) is 0. The van der Waals surface area contributed by atoms with Gasteiger partial charge in [0.15, 0.2) is 11.6 Å². The lowest BCUT2D eigenvalue weighted by atomic mass is 10.2. The lowest BCUT2D eigenvalue weighted by Crippen LogP contribution is -2.00. The van der Waals surface area contributed by atoms with Gasteiger partial charge < -0.3 is 5.73 Å². The maximum Gasteiger partial charge on any atom is 0.154 e. The van der Waals surface area contributed by atoms with Gasteiger partial charge >= 0.3 is 0 Å². The van der Waals surface area contributed by atoms with Gasteiger partial charge in [0.05, 0.1) is 0 Å². The van der Waals surface area contributed by atoms with Crippen LogP contribution in [0.5, 0.6) is 0 Å². The van der Waals surface area contributed by atoms with Crippen molar-refractivity contribution in [2.24, 2.45) is 0 Å². The number of halogens is 3. The molecule has 0 saturated heterocycles. The van der Waals surface area contributed by atoms with E-state index in [1.807, 2.05) is 0 Å². The van der Waals surface area contributed by atoms with Crippen LogP contribution >= 0.6 is 0 Å². The van der Waals surface area contributed by atoms with E-state index in [0.29, 0.717) is 6.07 Å². The Balaban J connectivity index is 3.46. The Labute approximate surface area is 61.6 Å². The number of anilines is 1. The Bertz CT molecular complexity index is 270. The zero-order valence-electron chi connectivity index (χ0n) is 5.79. The molecule has 11 heavy (non-hydrogen) atoms. The van der Waals surface area contributed by atoms with Gasteiger partial charge in [-0.1, -0.05) is 0 Å². The van der Waals surface area contributed by atoms with Gasteiger partial charge in [0.2, 0.25) is 0 Å². The van der Waals surface area contributed by atoms with Crippen LogP contribution < -0.4 is 5.73 Å². The second kappa shape index (κ2) is 2.45. The van der Waals surface area contributed by atoms with E-state index in [1.165, 1.54) is 6.92 Å². The van der Waals surface area contributed by atoms with Crippen molar-refractivity contribution in [1.82, 2.24) is 0 Å². The van der Waals surface area contributed by atoms with Crippen LogP contribution in [0.2, 0.25) is 0 Å². The molecule has 0 amide bonds. The monoisotopic (exact) mass is 161 g/mol. The summed E-state index contributed by atoms with van der Waals surface area (Å²) in [5, 5.41) is 0. The Morgan fingerprint density at radius 3 is 2.27 bits per heavy atom. The smallest absolute Gasteiger partial charge is 0.154 e. The molecule has 0 spiro atoms. The number of hydrogen-bond acceptors (Lipinski definition) is 1. The number of nitrogen functional groups attached to an aromatic ring is 1. The molecule has 0 heterocycles. The highest BCUT2D eigenvalue weighted by Gasteiger charge is 2.12. The molecular formula is C7H6F3N. The lowest BCUT2D eigenvalue weighted by Gasteiger charge is -2.02. The summed E-state index contributed by atoms with van der Waals surface area (Å²) in [5.74, 6) is -3.01. The Morgan fingerprint density at radius 2 is 1.73 bits per heavy atom. The summed E-state index contributed by atoms with van der Waals surface area (Å²) in [4.78, 5) is 0. The van der Waals surface area contributed by atoms with Crippen LogP contribution in [0.4, 0.5) is 18.9 Å². The van der Waals surface area contributed by atoms with Crippen molar-refractivity contribution >= 4 is 5.69 Å². The second-order valence-electron chi connectivity index (χ2n) is 2.19. The molecule has 0 aliphatic heterocycles. The molecule has 1 aromatic carbocycles. The number of rotatable bonds is 0. The molecule has 0 unspecified atom stereocenters. The average Bonchev–Trinajstić information content (AvgIpc) is 1.97. The Kier molecular flexibility index (Phi) is 1.76. The van der Waals surface area contributed by atoms with E-state index in [0.717, 1.165) is 0 Å². The topological polar surface area (TPSA) is 26.0 Å². The fraction of sp³-hybridized carbons (Fsp3) is 0.143. The Morgan fingerprint density at radius 1 is 1.18 bits per heavy atom. The largest absolute Gasteiger partial charge is 0.394 e. The fourth-order valence-corrected chi connectivity index (χ4v) is 0.709. The van der Waals surface area contributed by atoms with E-state index in [1.54, 1.807) is 0 Å². The summed E-state index contributed by atoms with van der Waals surface area (Å²) in [7, 11) is 0. The minimum absolute atomic E-state index is 0.260. The summed E-state index contributed by atoms with van der Waals surface area (Å²) in [5.41, 5.74) is 4.04. The van der Waals surface area contributed by atoms with Gasteiger partial charge in [-0.15, -0.1) is 0 Å². The van der Waals surface area contributed by atoms with Gasteiger partial charge in [-0.2, -0.15) is 0 Å². The van der Waals surface area contributed by atoms with Crippen LogP contribution in [0.15, 0.2) is 6.07 Å². The lowest BCUT2D eigenvalue weighted by molar-refractivity contribution is 0.538. The highest BCUT2D eigenvalue weighted by atomic mass is 19.1. The predicted molar refractivity (Wildman–Crippen MR) is 35.5 cm³/mol. The summed E-state index contributed by atoms with van der Waals surface area (Å²) < 4.78 is 37.5. The van der Waals surface area contributed by atoms with Gasteiger partial charge in [-0.3, -0.25) is 0 Å². The third kappa shape index (κ3) is 1.15. The van der Waals surface area contributed by atoms with E-state index in [-0.39, 0.29) is 5.56 Å². The van der Waals surface area contributed by atoms with Gasteiger partial charge in [0.25, 0.3) is 0 Å².